The zero-order valence-corrected chi connectivity index (χ0v) is 21.0. The molecule has 0 spiro atoms. The Morgan fingerprint density at radius 2 is 1.81 bits per heavy atom. The van der Waals surface area contributed by atoms with E-state index in [1.165, 1.54) is 4.57 Å². The van der Waals surface area contributed by atoms with Crippen LogP contribution in [0.5, 0.6) is 5.88 Å². The molecule has 7 N–H and O–H groups in total. The number of allylic oxidation sites excluding steroid dienone is 1. The van der Waals surface area contributed by atoms with Gasteiger partial charge in [0.25, 0.3) is 0 Å². The molecule has 0 saturated carbocycles. The molecular formula is C15H23N4O14P3. The van der Waals surface area contributed by atoms with Gasteiger partial charge in [0.15, 0.2) is 16.9 Å². The molecule has 18 nitrogen and oxygen atoms in total. The van der Waals surface area contributed by atoms with Crippen LogP contribution in [0, 0.1) is 0 Å². The Hall–Kier alpha value is -1.62. The third-order valence-electron chi connectivity index (χ3n) is 4.97. The standard InChI is InChI=1S/C15H23N4O14P3/c1-8(2)3-4-15(19-7-18-10-13(19)16-6-17-14(10)22)12(21)11(20)9(31-15)5-30-35(26,27)33-36(28,29)32-34(23,24)25/h6-7,9,11-12,20-21H,1,3-5H2,2H3,(H,26,27)(H,28,29)(H,16,17,22)(H2,23,24,25)/t9-,11-,12-,15-/m1/s1. The van der Waals surface area contributed by atoms with Crippen LogP contribution >= 0.6 is 23.5 Å². The highest BCUT2D eigenvalue weighted by Gasteiger charge is 2.56. The van der Waals surface area contributed by atoms with Gasteiger partial charge < -0.3 is 39.6 Å². The monoisotopic (exact) mass is 576 g/mol. The Morgan fingerprint density at radius 3 is 2.42 bits per heavy atom. The Kier molecular flexibility index (Phi) is 8.26. The topological polar surface area (TPSA) is 273 Å². The van der Waals surface area contributed by atoms with E-state index in [4.69, 9.17) is 14.5 Å². The van der Waals surface area contributed by atoms with E-state index in [2.05, 4.69) is 34.7 Å². The molecule has 0 radical (unpaired) electrons. The van der Waals surface area contributed by atoms with Crippen LogP contribution in [0.15, 0.2) is 24.8 Å². The third-order valence-corrected chi connectivity index (χ3v) is 8.77. The zero-order chi connectivity index (χ0) is 27.1. The van der Waals surface area contributed by atoms with Crippen LogP contribution in [0.3, 0.4) is 0 Å². The molecule has 21 heteroatoms. The summed E-state index contributed by atoms with van der Waals surface area (Å²) in [4.78, 5) is 47.8. The first-order valence-corrected chi connectivity index (χ1v) is 14.3. The summed E-state index contributed by atoms with van der Waals surface area (Å²) in [5, 5.41) is 31.5. The van der Waals surface area contributed by atoms with E-state index in [0.29, 0.717) is 5.57 Å². The molecule has 1 aliphatic heterocycles. The van der Waals surface area contributed by atoms with Crippen LogP contribution in [-0.2, 0) is 37.3 Å². The molecule has 0 aromatic carbocycles. The minimum Gasteiger partial charge on any atom is -0.492 e. The lowest BCUT2D eigenvalue weighted by molar-refractivity contribution is -0.149. The highest BCUT2D eigenvalue weighted by atomic mass is 31.3. The SMILES string of the molecule is C=C(C)CC[C@@]1(n2cnc3c(O)ncnc32)O[C@H](COP(=O)(O)OP(=O)(O)OP(=O)(O)O)[C@@H](O)[C@H]1O. The summed E-state index contributed by atoms with van der Waals surface area (Å²) >= 11 is 0. The van der Waals surface area contributed by atoms with Crippen molar-refractivity contribution in [2.24, 2.45) is 0 Å². The predicted octanol–water partition coefficient (Wildman–Crippen LogP) is 0.00490. The normalized spacial score (nSPS) is 28.1. The fourth-order valence-electron chi connectivity index (χ4n) is 3.49. The number of ether oxygens (including phenoxy) is 1. The summed E-state index contributed by atoms with van der Waals surface area (Å²) in [7, 11) is -16.9. The lowest BCUT2D eigenvalue weighted by Crippen LogP contribution is -2.45. The second-order valence-electron chi connectivity index (χ2n) is 7.76. The first kappa shape index (κ1) is 28.9. The number of aliphatic hydroxyl groups excluding tert-OH is 2. The highest BCUT2D eigenvalue weighted by Crippen LogP contribution is 2.66. The lowest BCUT2D eigenvalue weighted by atomic mass is 9.95. The average molecular weight is 576 g/mol. The van der Waals surface area contributed by atoms with Crippen molar-refractivity contribution >= 4 is 34.6 Å². The molecule has 0 amide bonds. The number of hydrogen-bond acceptors (Lipinski definition) is 13. The van der Waals surface area contributed by atoms with Gasteiger partial charge in [-0.1, -0.05) is 5.57 Å². The molecule has 3 rings (SSSR count). The summed E-state index contributed by atoms with van der Waals surface area (Å²) in [5.74, 6) is -0.467. The molecule has 3 heterocycles. The van der Waals surface area contributed by atoms with Gasteiger partial charge in [0, 0.05) is 6.42 Å². The van der Waals surface area contributed by atoms with Gasteiger partial charge in [-0.2, -0.15) is 13.6 Å². The number of aromatic hydroxyl groups is 1. The highest BCUT2D eigenvalue weighted by molar-refractivity contribution is 7.66. The van der Waals surface area contributed by atoms with E-state index in [9.17, 15) is 38.8 Å². The zero-order valence-electron chi connectivity index (χ0n) is 18.3. The number of hydrogen-bond donors (Lipinski definition) is 7. The molecule has 0 bridgehead atoms. The van der Waals surface area contributed by atoms with Crippen molar-refractivity contribution in [3.63, 3.8) is 0 Å². The maximum Gasteiger partial charge on any atom is 0.490 e. The largest absolute Gasteiger partial charge is 0.492 e. The van der Waals surface area contributed by atoms with Crippen LogP contribution in [0.2, 0.25) is 0 Å². The predicted molar refractivity (Wildman–Crippen MR) is 116 cm³/mol. The molecule has 0 aliphatic carbocycles. The maximum atomic E-state index is 12.1. The third kappa shape index (κ3) is 6.44. The summed E-state index contributed by atoms with van der Waals surface area (Å²) in [6.07, 6.45) is -2.63. The molecule has 1 fully saturated rings. The van der Waals surface area contributed by atoms with Crippen LogP contribution in [0.4, 0.5) is 0 Å². The first-order valence-electron chi connectivity index (χ1n) is 9.80. The van der Waals surface area contributed by atoms with Crippen LogP contribution in [0.1, 0.15) is 19.8 Å². The Labute approximate surface area is 202 Å². The first-order chi connectivity index (χ1) is 16.5. The van der Waals surface area contributed by atoms with Crippen molar-refractivity contribution in [1.82, 2.24) is 19.5 Å². The van der Waals surface area contributed by atoms with Crippen molar-refractivity contribution < 1.29 is 66.5 Å². The second kappa shape index (κ2) is 10.3. The van der Waals surface area contributed by atoms with Crippen molar-refractivity contribution in [2.75, 3.05) is 6.61 Å². The quantitative estimate of drug-likeness (QED) is 0.137. The summed E-state index contributed by atoms with van der Waals surface area (Å²) in [5.41, 5.74) is -1.17. The fraction of sp³-hybridized carbons (Fsp3) is 0.533. The number of phosphoric ester groups is 1. The van der Waals surface area contributed by atoms with Gasteiger partial charge in [-0.15, -0.1) is 6.58 Å². The maximum absolute atomic E-state index is 12.1. The van der Waals surface area contributed by atoms with E-state index in [1.54, 1.807) is 6.92 Å². The Bertz CT molecular complexity index is 1280. The Morgan fingerprint density at radius 1 is 1.14 bits per heavy atom. The fourth-order valence-corrected chi connectivity index (χ4v) is 6.52. The minimum atomic E-state index is -5.76. The molecule has 1 aliphatic rings. The number of phosphoric acid groups is 3. The number of imidazole rings is 1. The van der Waals surface area contributed by atoms with Gasteiger partial charge in [0.2, 0.25) is 5.88 Å². The summed E-state index contributed by atoms with van der Waals surface area (Å²) in [6.45, 7) is 4.46. The number of rotatable bonds is 11. The molecular weight excluding hydrogens is 553 g/mol. The smallest absolute Gasteiger partial charge is 0.490 e. The van der Waals surface area contributed by atoms with Crippen LogP contribution in [0.25, 0.3) is 11.2 Å². The molecule has 6 atom stereocenters. The molecule has 2 aromatic rings. The van der Waals surface area contributed by atoms with E-state index in [1.807, 2.05) is 0 Å². The molecule has 36 heavy (non-hydrogen) atoms. The molecule has 202 valence electrons. The average Bonchev–Trinajstić information content (AvgIpc) is 3.25. The van der Waals surface area contributed by atoms with Gasteiger partial charge >= 0.3 is 23.5 Å². The van der Waals surface area contributed by atoms with E-state index in [-0.39, 0.29) is 24.0 Å². The van der Waals surface area contributed by atoms with Crippen molar-refractivity contribution in [3.05, 3.63) is 24.8 Å². The minimum absolute atomic E-state index is 0.0176. The van der Waals surface area contributed by atoms with Gasteiger partial charge in [-0.3, -0.25) is 9.09 Å². The van der Waals surface area contributed by atoms with E-state index >= 15 is 0 Å². The van der Waals surface area contributed by atoms with E-state index in [0.717, 1.165) is 12.7 Å². The van der Waals surface area contributed by atoms with Crippen molar-refractivity contribution in [3.8, 4) is 5.88 Å². The number of aliphatic hydroxyl groups is 2. The summed E-state index contributed by atoms with van der Waals surface area (Å²) in [6, 6.07) is 0. The number of fused-ring (bicyclic) bond motifs is 1. The lowest BCUT2D eigenvalue weighted by Gasteiger charge is -2.34. The van der Waals surface area contributed by atoms with Gasteiger partial charge in [0.1, 0.15) is 24.6 Å². The van der Waals surface area contributed by atoms with Gasteiger partial charge in [-0.05, 0) is 13.3 Å². The van der Waals surface area contributed by atoms with E-state index < -0.39 is 60.0 Å². The van der Waals surface area contributed by atoms with Crippen molar-refractivity contribution in [1.29, 1.82) is 0 Å². The van der Waals surface area contributed by atoms with Crippen LogP contribution < -0.4 is 0 Å². The summed E-state index contributed by atoms with van der Waals surface area (Å²) < 4.78 is 53.2. The number of nitrogens with zero attached hydrogens (tertiary/aromatic N) is 4. The van der Waals surface area contributed by atoms with Gasteiger partial charge in [-0.25, -0.2) is 23.7 Å². The molecule has 2 aromatic heterocycles. The number of aromatic nitrogens is 4. The molecule has 1 saturated heterocycles. The van der Waals surface area contributed by atoms with Gasteiger partial charge in [0.05, 0.1) is 12.9 Å². The Balaban J connectivity index is 1.87. The van der Waals surface area contributed by atoms with Crippen molar-refractivity contribution in [2.45, 2.75) is 43.8 Å². The van der Waals surface area contributed by atoms with Crippen LogP contribution in [-0.4, -0.2) is 79.3 Å². The molecule has 2 unspecified atom stereocenters. The second-order valence-corrected chi connectivity index (χ2v) is 12.2.